The normalized spacial score (nSPS) is 12.7. The van der Waals surface area contributed by atoms with Crippen LogP contribution in [0.4, 0.5) is 10.1 Å². The van der Waals surface area contributed by atoms with E-state index >= 15 is 0 Å². The standard InChI is InChI=1S/C19H14ClFN2O4/c1-10-16(18(23-27-10)17-12(20)3-2-4-13(17)21)19(24)22-11-5-6-14-15(9-11)26-8-7-25-14/h2-6,9H,7-8H2,1H3,(H,22,24). The second-order valence-corrected chi connectivity index (χ2v) is 6.28. The van der Waals surface area contributed by atoms with Crippen LogP contribution in [0, 0.1) is 12.7 Å². The Morgan fingerprint density at radius 3 is 2.74 bits per heavy atom. The van der Waals surface area contributed by atoms with E-state index in [-0.39, 0.29) is 27.6 Å². The number of halogens is 2. The summed E-state index contributed by atoms with van der Waals surface area (Å²) in [5, 5.41) is 6.72. The molecule has 0 aliphatic carbocycles. The van der Waals surface area contributed by atoms with Gasteiger partial charge in [-0.1, -0.05) is 22.8 Å². The molecule has 4 rings (SSSR count). The SMILES string of the molecule is Cc1onc(-c2c(F)cccc2Cl)c1C(=O)Nc1ccc2c(c1)OCCO2. The van der Waals surface area contributed by atoms with Crippen molar-refractivity contribution in [3.05, 3.63) is 58.6 Å². The number of fused-ring (bicyclic) bond motifs is 1. The number of aromatic nitrogens is 1. The van der Waals surface area contributed by atoms with Gasteiger partial charge < -0.3 is 19.3 Å². The van der Waals surface area contributed by atoms with Crippen LogP contribution >= 0.6 is 11.6 Å². The van der Waals surface area contributed by atoms with Gasteiger partial charge in [-0.05, 0) is 31.2 Å². The van der Waals surface area contributed by atoms with Crippen LogP contribution in [-0.4, -0.2) is 24.3 Å². The molecule has 1 aromatic heterocycles. The van der Waals surface area contributed by atoms with Crippen molar-refractivity contribution in [2.24, 2.45) is 0 Å². The summed E-state index contributed by atoms with van der Waals surface area (Å²) in [4.78, 5) is 12.8. The Balaban J connectivity index is 1.68. The zero-order valence-electron chi connectivity index (χ0n) is 14.2. The fourth-order valence-electron chi connectivity index (χ4n) is 2.85. The minimum absolute atomic E-state index is 0.0170. The van der Waals surface area contributed by atoms with Crippen LogP contribution in [0.15, 0.2) is 40.9 Å². The predicted octanol–water partition coefficient (Wildman–Crippen LogP) is 4.47. The average Bonchev–Trinajstić information content (AvgIpc) is 3.03. The van der Waals surface area contributed by atoms with Crippen LogP contribution in [0.3, 0.4) is 0 Å². The fraction of sp³-hybridized carbons (Fsp3) is 0.158. The lowest BCUT2D eigenvalue weighted by Crippen LogP contribution is -2.17. The summed E-state index contributed by atoms with van der Waals surface area (Å²) in [6.07, 6.45) is 0. The Kier molecular flexibility index (Phi) is 4.45. The van der Waals surface area contributed by atoms with Crippen molar-refractivity contribution in [3.63, 3.8) is 0 Å². The third-order valence-corrected chi connectivity index (χ3v) is 4.40. The number of nitrogens with one attached hydrogen (secondary N) is 1. The summed E-state index contributed by atoms with van der Waals surface area (Å²) in [5.74, 6) is 0.306. The Morgan fingerprint density at radius 1 is 1.19 bits per heavy atom. The number of hydrogen-bond acceptors (Lipinski definition) is 5. The molecule has 2 aromatic carbocycles. The van der Waals surface area contributed by atoms with E-state index in [1.807, 2.05) is 0 Å². The van der Waals surface area contributed by atoms with Crippen LogP contribution in [0.2, 0.25) is 5.02 Å². The van der Waals surface area contributed by atoms with Crippen LogP contribution in [0.1, 0.15) is 16.1 Å². The number of nitrogens with zero attached hydrogens (tertiary/aromatic N) is 1. The largest absolute Gasteiger partial charge is 0.486 e. The molecule has 8 heteroatoms. The zero-order chi connectivity index (χ0) is 19.0. The molecule has 1 amide bonds. The third-order valence-electron chi connectivity index (χ3n) is 4.09. The molecule has 0 fully saturated rings. The van der Waals surface area contributed by atoms with E-state index in [0.717, 1.165) is 0 Å². The molecule has 6 nitrogen and oxygen atoms in total. The summed E-state index contributed by atoms with van der Waals surface area (Å²) in [5.41, 5.74) is 0.668. The molecule has 0 bridgehead atoms. The van der Waals surface area contributed by atoms with Gasteiger partial charge >= 0.3 is 0 Å². The lowest BCUT2D eigenvalue weighted by Gasteiger charge is -2.19. The fourth-order valence-corrected chi connectivity index (χ4v) is 3.10. The molecule has 1 aliphatic rings. The molecule has 0 saturated heterocycles. The summed E-state index contributed by atoms with van der Waals surface area (Å²) >= 11 is 6.11. The van der Waals surface area contributed by atoms with Crippen molar-refractivity contribution < 1.29 is 23.2 Å². The quantitative estimate of drug-likeness (QED) is 0.716. The van der Waals surface area contributed by atoms with E-state index < -0.39 is 11.7 Å². The Hall–Kier alpha value is -3.06. The molecular weight excluding hydrogens is 375 g/mol. The number of carbonyl (C=O) groups is 1. The number of rotatable bonds is 3. The molecule has 1 aliphatic heterocycles. The summed E-state index contributed by atoms with van der Waals surface area (Å²) in [7, 11) is 0. The number of aryl methyl sites for hydroxylation is 1. The van der Waals surface area contributed by atoms with Gasteiger partial charge in [0.2, 0.25) is 0 Å². The lowest BCUT2D eigenvalue weighted by molar-refractivity contribution is 0.102. The van der Waals surface area contributed by atoms with E-state index in [0.29, 0.717) is 30.4 Å². The van der Waals surface area contributed by atoms with Crippen molar-refractivity contribution in [1.29, 1.82) is 0 Å². The van der Waals surface area contributed by atoms with Gasteiger partial charge in [0.1, 0.15) is 36.0 Å². The van der Waals surface area contributed by atoms with Gasteiger partial charge in [-0.15, -0.1) is 0 Å². The topological polar surface area (TPSA) is 73.6 Å². The van der Waals surface area contributed by atoms with Crippen LogP contribution in [-0.2, 0) is 0 Å². The predicted molar refractivity (Wildman–Crippen MR) is 97.0 cm³/mol. The number of ether oxygens (including phenoxy) is 2. The molecule has 138 valence electrons. The molecular formula is C19H14ClFN2O4. The molecule has 0 radical (unpaired) electrons. The maximum atomic E-state index is 14.3. The average molecular weight is 389 g/mol. The van der Waals surface area contributed by atoms with E-state index in [2.05, 4.69) is 10.5 Å². The minimum Gasteiger partial charge on any atom is -0.486 e. The minimum atomic E-state index is -0.593. The maximum absolute atomic E-state index is 14.3. The molecule has 0 spiro atoms. The molecule has 1 N–H and O–H groups in total. The smallest absolute Gasteiger partial charge is 0.261 e. The highest BCUT2D eigenvalue weighted by molar-refractivity contribution is 6.33. The lowest BCUT2D eigenvalue weighted by atomic mass is 10.0. The summed E-state index contributed by atoms with van der Waals surface area (Å²) in [6, 6.07) is 9.29. The molecule has 0 saturated carbocycles. The van der Waals surface area contributed by atoms with E-state index in [9.17, 15) is 9.18 Å². The zero-order valence-corrected chi connectivity index (χ0v) is 15.0. The van der Waals surface area contributed by atoms with Crippen molar-refractivity contribution >= 4 is 23.2 Å². The number of hydrogen-bond donors (Lipinski definition) is 1. The van der Waals surface area contributed by atoms with Gasteiger partial charge in [-0.2, -0.15) is 0 Å². The Labute approximate surface area is 158 Å². The van der Waals surface area contributed by atoms with Gasteiger partial charge in [0.15, 0.2) is 11.5 Å². The van der Waals surface area contributed by atoms with Gasteiger partial charge in [-0.3, -0.25) is 4.79 Å². The monoisotopic (exact) mass is 388 g/mol. The second-order valence-electron chi connectivity index (χ2n) is 5.87. The molecule has 0 unspecified atom stereocenters. The molecule has 0 atom stereocenters. The number of benzene rings is 2. The van der Waals surface area contributed by atoms with Gasteiger partial charge in [-0.25, -0.2) is 4.39 Å². The van der Waals surface area contributed by atoms with E-state index in [4.69, 9.17) is 25.6 Å². The van der Waals surface area contributed by atoms with Gasteiger partial charge in [0.25, 0.3) is 5.91 Å². The first-order valence-corrected chi connectivity index (χ1v) is 8.54. The van der Waals surface area contributed by atoms with Crippen LogP contribution in [0.5, 0.6) is 11.5 Å². The van der Waals surface area contributed by atoms with Crippen molar-refractivity contribution in [2.75, 3.05) is 18.5 Å². The number of anilines is 1. The first kappa shape index (κ1) is 17.4. The second kappa shape index (κ2) is 6.92. The van der Waals surface area contributed by atoms with Crippen molar-refractivity contribution in [2.45, 2.75) is 6.92 Å². The molecule has 2 heterocycles. The Morgan fingerprint density at radius 2 is 1.96 bits per heavy atom. The van der Waals surface area contributed by atoms with Crippen LogP contribution < -0.4 is 14.8 Å². The summed E-state index contributed by atoms with van der Waals surface area (Å²) < 4.78 is 30.4. The number of amides is 1. The van der Waals surface area contributed by atoms with Gasteiger partial charge in [0, 0.05) is 11.8 Å². The first-order chi connectivity index (χ1) is 13.0. The number of carbonyl (C=O) groups excluding carboxylic acids is 1. The highest BCUT2D eigenvalue weighted by Gasteiger charge is 2.25. The van der Waals surface area contributed by atoms with E-state index in [1.165, 1.54) is 18.2 Å². The highest BCUT2D eigenvalue weighted by atomic mass is 35.5. The molecule has 27 heavy (non-hydrogen) atoms. The third kappa shape index (κ3) is 3.21. The van der Waals surface area contributed by atoms with Crippen molar-refractivity contribution in [3.8, 4) is 22.8 Å². The first-order valence-electron chi connectivity index (χ1n) is 8.16. The Bertz CT molecular complexity index is 1010. The highest BCUT2D eigenvalue weighted by Crippen LogP contribution is 2.35. The van der Waals surface area contributed by atoms with E-state index in [1.54, 1.807) is 25.1 Å². The molecule has 3 aromatic rings. The van der Waals surface area contributed by atoms with Crippen molar-refractivity contribution in [1.82, 2.24) is 5.16 Å². The maximum Gasteiger partial charge on any atom is 0.261 e. The summed E-state index contributed by atoms with van der Waals surface area (Å²) in [6.45, 7) is 2.49. The van der Waals surface area contributed by atoms with Gasteiger partial charge in [0.05, 0.1) is 10.6 Å². The van der Waals surface area contributed by atoms with Crippen LogP contribution in [0.25, 0.3) is 11.3 Å².